The van der Waals surface area contributed by atoms with Crippen LogP contribution in [-0.4, -0.2) is 21.0 Å². The third-order valence-electron chi connectivity index (χ3n) is 3.43. The van der Waals surface area contributed by atoms with E-state index in [0.29, 0.717) is 5.82 Å². The van der Waals surface area contributed by atoms with Crippen molar-refractivity contribution in [2.75, 3.05) is 10.6 Å². The van der Waals surface area contributed by atoms with E-state index in [2.05, 4.69) is 25.8 Å². The highest BCUT2D eigenvalue weighted by Crippen LogP contribution is 2.27. The van der Waals surface area contributed by atoms with Gasteiger partial charge in [0.25, 0.3) is 0 Å². The minimum absolute atomic E-state index is 0.101. The molecule has 0 saturated carbocycles. The number of hydrogen-bond donors (Lipinski definition) is 2. The van der Waals surface area contributed by atoms with E-state index in [4.69, 9.17) is 4.52 Å². The van der Waals surface area contributed by atoms with Crippen LogP contribution in [0.3, 0.4) is 0 Å². The van der Waals surface area contributed by atoms with Crippen LogP contribution in [0.5, 0.6) is 0 Å². The Labute approximate surface area is 139 Å². The Morgan fingerprint density at radius 1 is 1.08 bits per heavy atom. The Kier molecular flexibility index (Phi) is 4.24. The molecule has 0 fully saturated rings. The number of carbonyl (C=O) groups excluding carboxylic acids is 1. The van der Waals surface area contributed by atoms with Crippen LogP contribution in [0.2, 0.25) is 0 Å². The molecule has 1 amide bonds. The van der Waals surface area contributed by atoms with Crippen molar-refractivity contribution in [2.24, 2.45) is 0 Å². The van der Waals surface area contributed by atoms with Crippen LogP contribution in [0.15, 0.2) is 41.2 Å². The normalized spacial score (nSPS) is 10.5. The Bertz CT molecular complexity index is 851. The average Bonchev–Trinajstić information content (AvgIpc) is 2.88. The van der Waals surface area contributed by atoms with Crippen LogP contribution in [0.4, 0.5) is 17.2 Å². The van der Waals surface area contributed by atoms with Gasteiger partial charge in [-0.15, -0.1) is 0 Å². The van der Waals surface area contributed by atoms with Gasteiger partial charge in [-0.25, -0.2) is 9.97 Å². The number of amides is 1. The molecule has 7 nitrogen and oxygen atoms in total. The molecule has 122 valence electrons. The summed E-state index contributed by atoms with van der Waals surface area (Å²) in [6.07, 6.45) is 1.50. The Morgan fingerprint density at radius 3 is 2.42 bits per heavy atom. The van der Waals surface area contributed by atoms with Crippen molar-refractivity contribution < 1.29 is 9.32 Å². The van der Waals surface area contributed by atoms with Crippen molar-refractivity contribution in [2.45, 2.75) is 20.8 Å². The van der Waals surface area contributed by atoms with Crippen molar-refractivity contribution in [1.29, 1.82) is 0 Å². The van der Waals surface area contributed by atoms with E-state index in [1.807, 2.05) is 44.2 Å². The van der Waals surface area contributed by atoms with Gasteiger partial charge in [0.1, 0.15) is 17.9 Å². The first-order valence-corrected chi connectivity index (χ1v) is 7.43. The van der Waals surface area contributed by atoms with Gasteiger partial charge in [-0.05, 0) is 38.1 Å². The second-order valence-electron chi connectivity index (χ2n) is 5.37. The van der Waals surface area contributed by atoms with Crippen molar-refractivity contribution >= 4 is 23.1 Å². The SMILES string of the molecule is CC(=O)Nc1ccc(Nc2cc(-c3c(C)noc3C)ncn2)cc1. The van der Waals surface area contributed by atoms with Crippen molar-refractivity contribution in [3.8, 4) is 11.3 Å². The minimum atomic E-state index is -0.101. The molecule has 0 aliphatic carbocycles. The zero-order valence-electron chi connectivity index (χ0n) is 13.6. The summed E-state index contributed by atoms with van der Waals surface area (Å²) in [5.41, 5.74) is 4.01. The monoisotopic (exact) mass is 323 g/mol. The highest BCUT2D eigenvalue weighted by molar-refractivity contribution is 5.88. The standard InChI is InChI=1S/C17H17N5O2/c1-10-17(11(2)24-22-10)15-8-16(19-9-18-15)21-14-6-4-13(5-7-14)20-12(3)23/h4-9H,1-3H3,(H,20,23)(H,18,19,21). The molecular formula is C17H17N5O2. The number of nitrogens with zero attached hydrogens (tertiary/aromatic N) is 3. The fourth-order valence-corrected chi connectivity index (χ4v) is 2.40. The smallest absolute Gasteiger partial charge is 0.221 e. The largest absolute Gasteiger partial charge is 0.361 e. The van der Waals surface area contributed by atoms with E-state index in [9.17, 15) is 4.79 Å². The second kappa shape index (κ2) is 6.49. The molecule has 7 heteroatoms. The molecule has 0 aliphatic rings. The van der Waals surface area contributed by atoms with E-state index < -0.39 is 0 Å². The molecule has 0 spiro atoms. The minimum Gasteiger partial charge on any atom is -0.361 e. The van der Waals surface area contributed by atoms with Crippen LogP contribution >= 0.6 is 0 Å². The summed E-state index contributed by atoms with van der Waals surface area (Å²) in [5, 5.41) is 9.89. The number of nitrogens with one attached hydrogen (secondary N) is 2. The average molecular weight is 323 g/mol. The molecule has 0 radical (unpaired) electrons. The molecule has 2 aromatic heterocycles. The summed E-state index contributed by atoms with van der Waals surface area (Å²) in [4.78, 5) is 19.6. The van der Waals surface area contributed by atoms with Gasteiger partial charge < -0.3 is 15.2 Å². The lowest BCUT2D eigenvalue weighted by molar-refractivity contribution is -0.114. The van der Waals surface area contributed by atoms with Crippen molar-refractivity contribution in [3.05, 3.63) is 48.1 Å². The highest BCUT2D eigenvalue weighted by Gasteiger charge is 2.13. The van der Waals surface area contributed by atoms with E-state index in [-0.39, 0.29) is 5.91 Å². The molecule has 0 atom stereocenters. The van der Waals surface area contributed by atoms with Gasteiger partial charge in [0.15, 0.2) is 0 Å². The highest BCUT2D eigenvalue weighted by atomic mass is 16.5. The van der Waals surface area contributed by atoms with Gasteiger partial charge in [-0.2, -0.15) is 0 Å². The van der Waals surface area contributed by atoms with E-state index in [1.165, 1.54) is 13.3 Å². The van der Waals surface area contributed by atoms with E-state index >= 15 is 0 Å². The zero-order valence-corrected chi connectivity index (χ0v) is 13.6. The maximum Gasteiger partial charge on any atom is 0.221 e. The first-order chi connectivity index (χ1) is 11.5. The lowest BCUT2D eigenvalue weighted by atomic mass is 10.1. The van der Waals surface area contributed by atoms with Gasteiger partial charge in [0.2, 0.25) is 5.91 Å². The van der Waals surface area contributed by atoms with Crippen molar-refractivity contribution in [1.82, 2.24) is 15.1 Å². The topological polar surface area (TPSA) is 92.9 Å². The Morgan fingerprint density at radius 2 is 1.79 bits per heavy atom. The predicted octanol–water partition coefficient (Wildman–Crippen LogP) is 3.45. The molecule has 3 rings (SSSR count). The molecule has 0 saturated heterocycles. The Hall–Kier alpha value is -3.22. The molecule has 0 aliphatic heterocycles. The van der Waals surface area contributed by atoms with Crippen LogP contribution in [0.1, 0.15) is 18.4 Å². The maximum absolute atomic E-state index is 11.0. The number of anilines is 3. The van der Waals surface area contributed by atoms with Crippen LogP contribution in [0.25, 0.3) is 11.3 Å². The number of rotatable bonds is 4. The molecule has 2 heterocycles. The third-order valence-corrected chi connectivity index (χ3v) is 3.43. The summed E-state index contributed by atoms with van der Waals surface area (Å²) >= 11 is 0. The molecule has 24 heavy (non-hydrogen) atoms. The lowest BCUT2D eigenvalue weighted by Crippen LogP contribution is -2.05. The first-order valence-electron chi connectivity index (χ1n) is 7.43. The Balaban J connectivity index is 1.81. The molecule has 3 aromatic rings. The zero-order chi connectivity index (χ0) is 17.1. The number of hydrogen-bond acceptors (Lipinski definition) is 6. The first kappa shape index (κ1) is 15.7. The van der Waals surface area contributed by atoms with Gasteiger partial charge >= 0.3 is 0 Å². The molecule has 1 aromatic carbocycles. The third kappa shape index (κ3) is 3.40. The quantitative estimate of drug-likeness (QED) is 0.764. The molecular weight excluding hydrogens is 306 g/mol. The number of aryl methyl sites for hydroxylation is 2. The fraction of sp³-hybridized carbons (Fsp3) is 0.176. The summed E-state index contributed by atoms with van der Waals surface area (Å²) in [6.45, 7) is 5.20. The van der Waals surface area contributed by atoms with Gasteiger partial charge in [-0.3, -0.25) is 4.79 Å². The van der Waals surface area contributed by atoms with Crippen LogP contribution in [0, 0.1) is 13.8 Å². The van der Waals surface area contributed by atoms with Gasteiger partial charge in [-0.1, -0.05) is 5.16 Å². The number of benzene rings is 1. The second-order valence-corrected chi connectivity index (χ2v) is 5.37. The molecule has 0 bridgehead atoms. The number of carbonyl (C=O) groups is 1. The fourth-order valence-electron chi connectivity index (χ4n) is 2.40. The summed E-state index contributed by atoms with van der Waals surface area (Å²) < 4.78 is 5.19. The van der Waals surface area contributed by atoms with Gasteiger partial charge in [0, 0.05) is 24.4 Å². The van der Waals surface area contributed by atoms with E-state index in [1.54, 1.807) is 0 Å². The molecule has 0 unspecified atom stereocenters. The summed E-state index contributed by atoms with van der Waals surface area (Å²) in [5.74, 6) is 1.28. The van der Waals surface area contributed by atoms with Crippen LogP contribution in [-0.2, 0) is 4.79 Å². The predicted molar refractivity (Wildman–Crippen MR) is 91.0 cm³/mol. The maximum atomic E-state index is 11.0. The van der Waals surface area contributed by atoms with Gasteiger partial charge in [0.05, 0.1) is 17.0 Å². The van der Waals surface area contributed by atoms with E-state index in [0.717, 1.165) is 34.1 Å². The number of aromatic nitrogens is 3. The van der Waals surface area contributed by atoms with Crippen molar-refractivity contribution in [3.63, 3.8) is 0 Å². The van der Waals surface area contributed by atoms with Crippen LogP contribution < -0.4 is 10.6 Å². The molecule has 2 N–H and O–H groups in total. The lowest BCUT2D eigenvalue weighted by Gasteiger charge is -2.08. The summed E-state index contributed by atoms with van der Waals surface area (Å²) in [6, 6.07) is 9.21. The summed E-state index contributed by atoms with van der Waals surface area (Å²) in [7, 11) is 0.